The third-order valence-electron chi connectivity index (χ3n) is 4.34. The third kappa shape index (κ3) is 3.49. The molecule has 118 valence electrons. The van der Waals surface area contributed by atoms with Crippen molar-refractivity contribution in [2.75, 3.05) is 0 Å². The van der Waals surface area contributed by atoms with Crippen LogP contribution in [0.15, 0.2) is 24.3 Å². The molecule has 0 atom stereocenters. The molecule has 0 bridgehead atoms. The van der Waals surface area contributed by atoms with E-state index in [1.807, 2.05) is 12.1 Å². The number of amides is 1. The lowest BCUT2D eigenvalue weighted by molar-refractivity contribution is -0.122. The smallest absolute Gasteiger partial charge is 0.223 e. The van der Waals surface area contributed by atoms with Crippen LogP contribution in [0.4, 0.5) is 0 Å². The highest BCUT2D eigenvalue weighted by Gasteiger charge is 2.29. The quantitative estimate of drug-likeness (QED) is 0.756. The maximum absolute atomic E-state index is 11.9. The second-order valence-corrected chi connectivity index (χ2v) is 6.22. The fourth-order valence-electron chi connectivity index (χ4n) is 2.86. The van der Waals surface area contributed by atoms with Gasteiger partial charge >= 0.3 is 0 Å². The van der Waals surface area contributed by atoms with Gasteiger partial charge in [0.1, 0.15) is 5.82 Å². The van der Waals surface area contributed by atoms with Gasteiger partial charge in [0.05, 0.1) is 17.6 Å². The fraction of sp³-hybridized carbons (Fsp3) is 0.556. The van der Waals surface area contributed by atoms with Crippen molar-refractivity contribution in [3.05, 3.63) is 30.1 Å². The highest BCUT2D eigenvalue weighted by atomic mass is 16.2. The van der Waals surface area contributed by atoms with E-state index in [1.165, 1.54) is 24.8 Å². The van der Waals surface area contributed by atoms with E-state index in [1.54, 1.807) is 0 Å². The van der Waals surface area contributed by atoms with E-state index in [4.69, 9.17) is 4.98 Å². The third-order valence-corrected chi connectivity index (χ3v) is 4.34. The summed E-state index contributed by atoms with van der Waals surface area (Å²) in [5.74, 6) is 1.42. The zero-order valence-corrected chi connectivity index (χ0v) is 13.3. The standard InChI is InChI=1S/C18H25N3O/c1-2-3-4-7-12-21-16-9-6-5-8-15(16)20-17(21)13-19-18(22)14-10-11-14/h5-6,8-9,14H,2-4,7,10-13H2,1H3,(H,19,22). The number of aromatic nitrogens is 2. The minimum Gasteiger partial charge on any atom is -0.349 e. The van der Waals surface area contributed by atoms with Crippen LogP contribution in [0.3, 0.4) is 0 Å². The summed E-state index contributed by atoms with van der Waals surface area (Å²) in [4.78, 5) is 16.6. The van der Waals surface area contributed by atoms with Crippen LogP contribution in [0.25, 0.3) is 11.0 Å². The van der Waals surface area contributed by atoms with E-state index in [-0.39, 0.29) is 11.8 Å². The molecule has 1 heterocycles. The van der Waals surface area contributed by atoms with Crippen LogP contribution in [0.2, 0.25) is 0 Å². The van der Waals surface area contributed by atoms with E-state index in [9.17, 15) is 4.79 Å². The Balaban J connectivity index is 1.72. The van der Waals surface area contributed by atoms with Gasteiger partial charge in [0.25, 0.3) is 0 Å². The number of benzene rings is 1. The Kier molecular flexibility index (Phi) is 4.76. The number of nitrogens with zero attached hydrogens (tertiary/aromatic N) is 2. The Morgan fingerprint density at radius 2 is 2.09 bits per heavy atom. The van der Waals surface area contributed by atoms with Gasteiger partial charge in [-0.05, 0) is 31.4 Å². The molecule has 0 aliphatic heterocycles. The first-order valence-electron chi connectivity index (χ1n) is 8.51. The van der Waals surface area contributed by atoms with Crippen LogP contribution in [0.1, 0.15) is 51.3 Å². The van der Waals surface area contributed by atoms with Gasteiger partial charge in [0.2, 0.25) is 5.91 Å². The Morgan fingerprint density at radius 3 is 2.86 bits per heavy atom. The molecule has 1 aliphatic rings. The van der Waals surface area contributed by atoms with Gasteiger partial charge in [-0.2, -0.15) is 0 Å². The average Bonchev–Trinajstić information content (AvgIpc) is 3.32. The van der Waals surface area contributed by atoms with Crippen molar-refractivity contribution >= 4 is 16.9 Å². The summed E-state index contributed by atoms with van der Waals surface area (Å²) in [6, 6.07) is 8.24. The minimum absolute atomic E-state index is 0.185. The van der Waals surface area contributed by atoms with Crippen LogP contribution in [-0.2, 0) is 17.9 Å². The highest BCUT2D eigenvalue weighted by molar-refractivity contribution is 5.81. The number of hydrogen-bond donors (Lipinski definition) is 1. The second kappa shape index (κ2) is 6.95. The van der Waals surface area contributed by atoms with E-state index in [2.05, 4.69) is 28.9 Å². The molecular weight excluding hydrogens is 274 g/mol. The number of hydrogen-bond acceptors (Lipinski definition) is 2. The molecule has 1 fully saturated rings. The van der Waals surface area contributed by atoms with Crippen LogP contribution in [0, 0.1) is 5.92 Å². The van der Waals surface area contributed by atoms with E-state index in [0.29, 0.717) is 6.54 Å². The van der Waals surface area contributed by atoms with Gasteiger partial charge < -0.3 is 9.88 Å². The Bertz CT molecular complexity index is 643. The van der Waals surface area contributed by atoms with Gasteiger partial charge in [-0.1, -0.05) is 38.3 Å². The van der Waals surface area contributed by atoms with Gasteiger partial charge in [-0.3, -0.25) is 4.79 Å². The zero-order valence-electron chi connectivity index (χ0n) is 13.3. The fourth-order valence-corrected chi connectivity index (χ4v) is 2.86. The lowest BCUT2D eigenvalue weighted by Gasteiger charge is -2.10. The molecule has 1 aliphatic carbocycles. The number of rotatable bonds is 8. The number of carbonyl (C=O) groups is 1. The maximum atomic E-state index is 11.9. The van der Waals surface area contributed by atoms with Gasteiger partial charge in [0.15, 0.2) is 0 Å². The van der Waals surface area contributed by atoms with Crippen molar-refractivity contribution in [1.29, 1.82) is 0 Å². The molecule has 0 unspecified atom stereocenters. The number of fused-ring (bicyclic) bond motifs is 1. The van der Waals surface area contributed by atoms with Crippen molar-refractivity contribution in [3.8, 4) is 0 Å². The van der Waals surface area contributed by atoms with Crippen LogP contribution < -0.4 is 5.32 Å². The van der Waals surface area contributed by atoms with Crippen molar-refractivity contribution < 1.29 is 4.79 Å². The zero-order chi connectivity index (χ0) is 15.4. The van der Waals surface area contributed by atoms with E-state index < -0.39 is 0 Å². The molecule has 1 amide bonds. The lowest BCUT2D eigenvalue weighted by atomic mass is 10.2. The van der Waals surface area contributed by atoms with Crippen molar-refractivity contribution in [2.24, 2.45) is 5.92 Å². The average molecular weight is 299 g/mol. The summed E-state index contributed by atoms with van der Waals surface area (Å²) in [5, 5.41) is 3.04. The topological polar surface area (TPSA) is 46.9 Å². The minimum atomic E-state index is 0.185. The first-order valence-corrected chi connectivity index (χ1v) is 8.51. The number of carbonyl (C=O) groups excluding carboxylic acids is 1. The molecular formula is C18H25N3O. The molecule has 3 rings (SSSR count). The van der Waals surface area contributed by atoms with Crippen LogP contribution >= 0.6 is 0 Å². The highest BCUT2D eigenvalue weighted by Crippen LogP contribution is 2.28. The van der Waals surface area contributed by atoms with Crippen LogP contribution in [0.5, 0.6) is 0 Å². The second-order valence-electron chi connectivity index (χ2n) is 6.22. The molecule has 0 spiro atoms. The Labute approximate surface area is 131 Å². The Morgan fingerprint density at radius 1 is 1.27 bits per heavy atom. The van der Waals surface area contributed by atoms with Gasteiger partial charge in [0, 0.05) is 12.5 Å². The molecule has 4 heteroatoms. The molecule has 1 saturated carbocycles. The predicted molar refractivity (Wildman–Crippen MR) is 88.4 cm³/mol. The molecule has 0 saturated heterocycles. The Hall–Kier alpha value is -1.84. The largest absolute Gasteiger partial charge is 0.349 e. The van der Waals surface area contributed by atoms with Crippen molar-refractivity contribution in [2.45, 2.75) is 58.5 Å². The molecule has 1 aromatic heterocycles. The molecule has 1 N–H and O–H groups in total. The summed E-state index contributed by atoms with van der Waals surface area (Å²) in [6.45, 7) is 3.75. The molecule has 22 heavy (non-hydrogen) atoms. The van der Waals surface area contributed by atoms with Gasteiger partial charge in [-0.25, -0.2) is 4.98 Å². The maximum Gasteiger partial charge on any atom is 0.223 e. The monoisotopic (exact) mass is 299 g/mol. The molecule has 1 aromatic carbocycles. The number of imidazole rings is 1. The first-order chi connectivity index (χ1) is 10.8. The van der Waals surface area contributed by atoms with E-state index >= 15 is 0 Å². The van der Waals surface area contributed by atoms with Crippen molar-refractivity contribution in [1.82, 2.24) is 14.9 Å². The van der Waals surface area contributed by atoms with Crippen molar-refractivity contribution in [3.63, 3.8) is 0 Å². The summed E-state index contributed by atoms with van der Waals surface area (Å²) >= 11 is 0. The van der Waals surface area contributed by atoms with Gasteiger partial charge in [-0.15, -0.1) is 0 Å². The number of para-hydroxylation sites is 2. The lowest BCUT2D eigenvalue weighted by Crippen LogP contribution is -2.26. The molecule has 2 aromatic rings. The predicted octanol–water partition coefficient (Wildman–Crippen LogP) is 3.64. The van der Waals surface area contributed by atoms with Crippen LogP contribution in [-0.4, -0.2) is 15.5 Å². The number of nitrogens with one attached hydrogen (secondary N) is 1. The summed E-state index contributed by atoms with van der Waals surface area (Å²) in [5.41, 5.74) is 2.20. The van der Waals surface area contributed by atoms with E-state index in [0.717, 1.165) is 37.1 Å². The summed E-state index contributed by atoms with van der Waals surface area (Å²) < 4.78 is 2.28. The summed E-state index contributed by atoms with van der Waals surface area (Å²) in [6.07, 6.45) is 7.02. The summed E-state index contributed by atoms with van der Waals surface area (Å²) in [7, 11) is 0. The molecule has 0 radical (unpaired) electrons. The SMILES string of the molecule is CCCCCCn1c(CNC(=O)C2CC2)nc2ccccc21. The first kappa shape index (κ1) is 15.1. The number of aryl methyl sites for hydroxylation is 1. The molecule has 4 nitrogen and oxygen atoms in total. The number of unbranched alkanes of at least 4 members (excludes halogenated alkanes) is 3. The normalized spacial score (nSPS) is 14.4.